The van der Waals surface area contributed by atoms with Gasteiger partial charge in [-0.05, 0) is 30.3 Å². The molecule has 0 aliphatic carbocycles. The molecule has 4 N–H and O–H groups in total. The van der Waals surface area contributed by atoms with Gasteiger partial charge in [0, 0.05) is 5.56 Å². The van der Waals surface area contributed by atoms with Crippen LogP contribution >= 0.6 is 0 Å². The third-order valence-electron chi connectivity index (χ3n) is 2.53. The number of hydrogen-bond acceptors (Lipinski definition) is 5. The van der Waals surface area contributed by atoms with Gasteiger partial charge in [-0.15, -0.1) is 0 Å². The highest BCUT2D eigenvalue weighted by atomic mass is 16.3. The lowest BCUT2D eigenvalue weighted by Crippen LogP contribution is -2.17. The zero-order valence-electron chi connectivity index (χ0n) is 10.3. The smallest absolute Gasteiger partial charge is 0.275 e. The molecular weight excluding hydrogens is 260 g/mol. The fourth-order valence-corrected chi connectivity index (χ4v) is 1.52. The quantitative estimate of drug-likeness (QED) is 0.387. The lowest BCUT2D eigenvalue weighted by molar-refractivity contribution is 0.0952. The number of phenols is 3. The monoisotopic (exact) mass is 272 g/mol. The second-order valence-corrected chi connectivity index (χ2v) is 3.96. The number of amides is 1. The number of rotatable bonds is 3. The van der Waals surface area contributed by atoms with Crippen molar-refractivity contribution in [3.63, 3.8) is 0 Å². The Hall–Kier alpha value is -3.02. The normalized spacial score (nSPS) is 10.6. The standard InChI is InChI=1S/C14H12N2O4/c17-10-5-6-13(19)11(7-10)14(20)16-15-8-9-3-1-2-4-12(9)18/h1-8,17-19H,(H,16,20)/b15-8+. The lowest BCUT2D eigenvalue weighted by atomic mass is 10.2. The fraction of sp³-hybridized carbons (Fsp3) is 0. The number of para-hydroxylation sites is 1. The van der Waals surface area contributed by atoms with Crippen LogP contribution in [0, 0.1) is 0 Å². The molecule has 0 aromatic heterocycles. The molecule has 0 saturated carbocycles. The van der Waals surface area contributed by atoms with Gasteiger partial charge < -0.3 is 15.3 Å². The zero-order valence-corrected chi connectivity index (χ0v) is 10.3. The van der Waals surface area contributed by atoms with Crippen LogP contribution in [0.4, 0.5) is 0 Å². The van der Waals surface area contributed by atoms with Crippen molar-refractivity contribution in [2.24, 2.45) is 5.10 Å². The highest BCUT2D eigenvalue weighted by Gasteiger charge is 2.11. The summed E-state index contributed by atoms with van der Waals surface area (Å²) >= 11 is 0. The summed E-state index contributed by atoms with van der Waals surface area (Å²) in [5.74, 6) is -1.05. The van der Waals surface area contributed by atoms with E-state index in [1.54, 1.807) is 18.2 Å². The molecule has 0 fully saturated rings. The first-order chi connectivity index (χ1) is 9.58. The minimum Gasteiger partial charge on any atom is -0.508 e. The van der Waals surface area contributed by atoms with E-state index < -0.39 is 5.91 Å². The summed E-state index contributed by atoms with van der Waals surface area (Å²) in [6, 6.07) is 10.1. The second-order valence-electron chi connectivity index (χ2n) is 3.96. The lowest BCUT2D eigenvalue weighted by Gasteiger charge is -2.03. The molecule has 0 saturated heterocycles. The molecule has 20 heavy (non-hydrogen) atoms. The predicted molar refractivity (Wildman–Crippen MR) is 72.9 cm³/mol. The van der Waals surface area contributed by atoms with Crippen LogP contribution in [0.15, 0.2) is 47.6 Å². The maximum atomic E-state index is 11.7. The minimum atomic E-state index is -0.676. The van der Waals surface area contributed by atoms with Gasteiger partial charge in [0.15, 0.2) is 0 Å². The number of carbonyl (C=O) groups is 1. The molecule has 6 nitrogen and oxygen atoms in total. The SMILES string of the molecule is O=C(N/N=C/c1ccccc1O)c1cc(O)ccc1O. The highest BCUT2D eigenvalue weighted by molar-refractivity contribution is 5.97. The molecule has 2 aromatic rings. The van der Waals surface area contributed by atoms with Crippen LogP contribution in [0.5, 0.6) is 17.2 Å². The maximum absolute atomic E-state index is 11.7. The number of benzene rings is 2. The molecular formula is C14H12N2O4. The van der Waals surface area contributed by atoms with Crippen LogP contribution in [-0.2, 0) is 0 Å². The Labute approximate surface area is 114 Å². The first-order valence-corrected chi connectivity index (χ1v) is 5.71. The number of phenolic OH excluding ortho intramolecular Hbond substituents is 3. The Balaban J connectivity index is 2.09. The molecule has 0 radical (unpaired) electrons. The van der Waals surface area contributed by atoms with Gasteiger partial charge in [0.05, 0.1) is 11.8 Å². The van der Waals surface area contributed by atoms with Crippen LogP contribution in [0.25, 0.3) is 0 Å². The summed E-state index contributed by atoms with van der Waals surface area (Å²) in [4.78, 5) is 11.7. The molecule has 0 bridgehead atoms. The number of hydrazone groups is 1. The molecule has 2 aromatic carbocycles. The Kier molecular flexibility index (Phi) is 3.85. The summed E-state index contributed by atoms with van der Waals surface area (Å²) in [6.45, 7) is 0. The first-order valence-electron chi connectivity index (χ1n) is 5.71. The van der Waals surface area contributed by atoms with Crippen molar-refractivity contribution < 1.29 is 20.1 Å². The number of carbonyl (C=O) groups excluding carboxylic acids is 1. The maximum Gasteiger partial charge on any atom is 0.275 e. The highest BCUT2D eigenvalue weighted by Crippen LogP contribution is 2.21. The Morgan fingerprint density at radius 1 is 1.05 bits per heavy atom. The summed E-state index contributed by atoms with van der Waals surface area (Å²) in [6.07, 6.45) is 1.27. The van der Waals surface area contributed by atoms with E-state index in [1.807, 2.05) is 0 Å². The van der Waals surface area contributed by atoms with Crippen molar-refractivity contribution in [1.29, 1.82) is 0 Å². The van der Waals surface area contributed by atoms with Crippen molar-refractivity contribution in [2.75, 3.05) is 0 Å². The number of hydrogen-bond donors (Lipinski definition) is 4. The van der Waals surface area contributed by atoms with Gasteiger partial charge in [-0.1, -0.05) is 12.1 Å². The molecule has 6 heteroatoms. The summed E-state index contributed by atoms with van der Waals surface area (Å²) < 4.78 is 0. The topological polar surface area (TPSA) is 102 Å². The van der Waals surface area contributed by atoms with Crippen molar-refractivity contribution in [3.05, 3.63) is 53.6 Å². The van der Waals surface area contributed by atoms with Crippen molar-refractivity contribution in [1.82, 2.24) is 5.43 Å². The van der Waals surface area contributed by atoms with E-state index in [4.69, 9.17) is 0 Å². The van der Waals surface area contributed by atoms with E-state index in [2.05, 4.69) is 10.5 Å². The van der Waals surface area contributed by atoms with Gasteiger partial charge in [0.25, 0.3) is 5.91 Å². The molecule has 0 aliphatic rings. The average molecular weight is 272 g/mol. The van der Waals surface area contributed by atoms with Crippen molar-refractivity contribution >= 4 is 12.1 Å². The van der Waals surface area contributed by atoms with E-state index >= 15 is 0 Å². The molecule has 0 atom stereocenters. The van der Waals surface area contributed by atoms with E-state index in [0.29, 0.717) is 5.56 Å². The molecule has 2 rings (SSSR count). The van der Waals surface area contributed by atoms with Crippen LogP contribution in [0.2, 0.25) is 0 Å². The third-order valence-corrected chi connectivity index (χ3v) is 2.53. The largest absolute Gasteiger partial charge is 0.508 e. The van der Waals surface area contributed by atoms with Crippen LogP contribution in [-0.4, -0.2) is 27.4 Å². The van der Waals surface area contributed by atoms with Crippen LogP contribution < -0.4 is 5.43 Å². The van der Waals surface area contributed by atoms with Gasteiger partial charge in [-0.25, -0.2) is 5.43 Å². The fourth-order valence-electron chi connectivity index (χ4n) is 1.52. The van der Waals surface area contributed by atoms with Gasteiger partial charge >= 0.3 is 0 Å². The van der Waals surface area contributed by atoms with E-state index in [1.165, 1.54) is 24.4 Å². The Morgan fingerprint density at radius 3 is 2.55 bits per heavy atom. The molecule has 0 unspecified atom stereocenters. The molecule has 0 heterocycles. The molecule has 1 amide bonds. The average Bonchev–Trinajstić information content (AvgIpc) is 2.43. The second kappa shape index (κ2) is 5.75. The predicted octanol–water partition coefficient (Wildman–Crippen LogP) is 1.57. The third kappa shape index (κ3) is 3.05. The van der Waals surface area contributed by atoms with Crippen molar-refractivity contribution in [2.45, 2.75) is 0 Å². The van der Waals surface area contributed by atoms with E-state index in [0.717, 1.165) is 6.07 Å². The zero-order chi connectivity index (χ0) is 14.5. The van der Waals surface area contributed by atoms with E-state index in [-0.39, 0.29) is 22.8 Å². The van der Waals surface area contributed by atoms with Crippen molar-refractivity contribution in [3.8, 4) is 17.2 Å². The summed E-state index contributed by atoms with van der Waals surface area (Å²) in [5, 5.41) is 31.9. The van der Waals surface area contributed by atoms with Crippen LogP contribution in [0.3, 0.4) is 0 Å². The molecule has 102 valence electrons. The Bertz CT molecular complexity index is 668. The molecule has 0 aliphatic heterocycles. The van der Waals surface area contributed by atoms with Gasteiger partial charge in [0.1, 0.15) is 17.2 Å². The van der Waals surface area contributed by atoms with Gasteiger partial charge in [0.2, 0.25) is 0 Å². The number of nitrogens with one attached hydrogen (secondary N) is 1. The first kappa shape index (κ1) is 13.4. The minimum absolute atomic E-state index is 0.0331. The Morgan fingerprint density at radius 2 is 1.80 bits per heavy atom. The van der Waals surface area contributed by atoms with Gasteiger partial charge in [-0.2, -0.15) is 5.10 Å². The summed E-state index contributed by atoms with van der Waals surface area (Å²) in [7, 11) is 0. The van der Waals surface area contributed by atoms with Gasteiger partial charge in [-0.3, -0.25) is 4.79 Å². The van der Waals surface area contributed by atoms with E-state index in [9.17, 15) is 20.1 Å². The number of aromatic hydroxyl groups is 3. The molecule has 0 spiro atoms. The van der Waals surface area contributed by atoms with Crippen LogP contribution in [0.1, 0.15) is 15.9 Å². The number of nitrogens with zero attached hydrogens (tertiary/aromatic N) is 1. The summed E-state index contributed by atoms with van der Waals surface area (Å²) in [5.41, 5.74) is 2.53.